The van der Waals surface area contributed by atoms with Crippen molar-refractivity contribution in [3.05, 3.63) is 35.4 Å². The van der Waals surface area contributed by atoms with E-state index in [-0.39, 0.29) is 23.7 Å². The lowest BCUT2D eigenvalue weighted by molar-refractivity contribution is -0.151. The maximum absolute atomic E-state index is 13.7. The summed E-state index contributed by atoms with van der Waals surface area (Å²) in [4.78, 5) is 38.0. The number of hydrogen-bond donors (Lipinski definition) is 3. The van der Waals surface area contributed by atoms with Gasteiger partial charge in [-0.2, -0.15) is 0 Å². The lowest BCUT2D eigenvalue weighted by Crippen LogP contribution is -2.59. The van der Waals surface area contributed by atoms with E-state index in [0.29, 0.717) is 32.2 Å². The summed E-state index contributed by atoms with van der Waals surface area (Å²) in [6.07, 6.45) is 5.19. The van der Waals surface area contributed by atoms with Gasteiger partial charge < -0.3 is 10.4 Å². The van der Waals surface area contributed by atoms with Crippen LogP contribution in [0.5, 0.6) is 0 Å². The van der Waals surface area contributed by atoms with Gasteiger partial charge in [-0.15, -0.1) is 0 Å². The van der Waals surface area contributed by atoms with Crippen molar-refractivity contribution in [2.24, 2.45) is 11.8 Å². The predicted octanol–water partition coefficient (Wildman–Crippen LogP) is 4.06. The number of nitrogens with zero attached hydrogens (tertiary/aromatic N) is 1. The molecule has 0 aromatic heterocycles. The van der Waals surface area contributed by atoms with E-state index < -0.39 is 23.8 Å². The molecule has 3 atom stereocenters. The van der Waals surface area contributed by atoms with Crippen LogP contribution in [-0.4, -0.2) is 47.5 Å². The lowest BCUT2D eigenvalue weighted by Gasteiger charge is -2.37. The van der Waals surface area contributed by atoms with Gasteiger partial charge in [0.2, 0.25) is 11.8 Å². The summed E-state index contributed by atoms with van der Waals surface area (Å²) in [5.74, 6) is -2.27. The first-order valence-electron chi connectivity index (χ1n) is 12.7. The van der Waals surface area contributed by atoms with Crippen LogP contribution in [-0.2, 0) is 26.2 Å². The number of carbonyl (C=O) groups excluding carboxylic acids is 2. The predicted molar refractivity (Wildman–Crippen MR) is 134 cm³/mol. The minimum Gasteiger partial charge on any atom is -0.481 e. The Morgan fingerprint density at radius 3 is 2.38 bits per heavy atom. The van der Waals surface area contributed by atoms with E-state index in [9.17, 15) is 19.5 Å². The molecular weight excluding hydrogens is 430 g/mol. The molecule has 34 heavy (non-hydrogen) atoms. The van der Waals surface area contributed by atoms with Crippen molar-refractivity contribution in [2.45, 2.75) is 90.5 Å². The number of aryl methyl sites for hydroxylation is 1. The molecule has 0 bridgehead atoms. The smallest absolute Gasteiger partial charge is 0.306 e. The summed E-state index contributed by atoms with van der Waals surface area (Å²) in [5.41, 5.74) is 5.55. The Kier molecular flexibility index (Phi) is 10.5. The summed E-state index contributed by atoms with van der Waals surface area (Å²) in [6.45, 7) is 9.18. The fraction of sp³-hybridized carbons (Fsp3) is 0.667. The third-order valence-corrected chi connectivity index (χ3v) is 6.81. The molecule has 0 unspecified atom stereocenters. The average molecular weight is 474 g/mol. The molecule has 1 aromatic rings. The lowest BCUT2D eigenvalue weighted by atomic mass is 9.84. The average Bonchev–Trinajstić information content (AvgIpc) is 2.82. The Morgan fingerprint density at radius 2 is 1.82 bits per heavy atom. The van der Waals surface area contributed by atoms with Crippen LogP contribution in [0.1, 0.15) is 83.8 Å². The van der Waals surface area contributed by atoms with Crippen molar-refractivity contribution >= 4 is 17.8 Å². The van der Waals surface area contributed by atoms with E-state index >= 15 is 0 Å². The van der Waals surface area contributed by atoms with Crippen molar-refractivity contribution in [2.75, 3.05) is 13.6 Å². The number of rotatable bonds is 11. The molecule has 7 heteroatoms. The summed E-state index contributed by atoms with van der Waals surface area (Å²) in [5, 5.41) is 13.9. The van der Waals surface area contributed by atoms with Crippen LogP contribution in [0, 0.1) is 11.8 Å². The zero-order valence-electron chi connectivity index (χ0n) is 21.5. The van der Waals surface area contributed by atoms with E-state index in [0.717, 1.165) is 24.8 Å². The molecule has 1 aliphatic heterocycles. The number of unbranched alkanes of at least 4 members (excludes halogenated alkanes) is 1. The van der Waals surface area contributed by atoms with Crippen LogP contribution in [0.2, 0.25) is 0 Å². The van der Waals surface area contributed by atoms with Crippen LogP contribution in [0.4, 0.5) is 0 Å². The minimum atomic E-state index is -0.852. The van der Waals surface area contributed by atoms with E-state index in [1.165, 1.54) is 10.6 Å². The SMILES string of the molecule is CCCC[C@@H](C[C@@H](CCc1ccc(C(C)(C)C)cc1)C(=O)N1NCCC[C@H]1C(=O)NC)C(=O)O. The molecule has 1 saturated heterocycles. The van der Waals surface area contributed by atoms with Gasteiger partial charge in [0.1, 0.15) is 6.04 Å². The molecule has 0 spiro atoms. The summed E-state index contributed by atoms with van der Waals surface area (Å²) in [7, 11) is 1.57. The molecule has 1 heterocycles. The molecule has 0 radical (unpaired) electrons. The standard InChI is InChI=1S/C27H43N3O4/c1-6-7-9-21(26(33)34)18-20(14-11-19-12-15-22(16-13-19)27(2,3)4)25(32)30-23(24(31)28-5)10-8-17-29-30/h12-13,15-16,20-21,23,29H,6-11,14,17-18H2,1-5H3,(H,28,31)(H,33,34)/t20-,21+,23+/m1/s1. The molecule has 0 aliphatic carbocycles. The number of carboxylic acids is 1. The molecule has 1 fully saturated rings. The van der Waals surface area contributed by atoms with Gasteiger partial charge in [0.25, 0.3) is 0 Å². The summed E-state index contributed by atoms with van der Waals surface area (Å²) in [6, 6.07) is 7.88. The minimum absolute atomic E-state index is 0.0693. The first-order valence-corrected chi connectivity index (χ1v) is 12.7. The zero-order chi connectivity index (χ0) is 25.3. The van der Waals surface area contributed by atoms with Gasteiger partial charge in [0, 0.05) is 19.5 Å². The first kappa shape index (κ1) is 27.8. The van der Waals surface area contributed by atoms with Gasteiger partial charge in [-0.1, -0.05) is 64.8 Å². The van der Waals surface area contributed by atoms with Crippen LogP contribution < -0.4 is 10.7 Å². The van der Waals surface area contributed by atoms with Crippen molar-refractivity contribution in [3.8, 4) is 0 Å². The van der Waals surface area contributed by atoms with Crippen molar-refractivity contribution in [1.82, 2.24) is 15.8 Å². The highest BCUT2D eigenvalue weighted by atomic mass is 16.4. The van der Waals surface area contributed by atoms with Gasteiger partial charge in [0.05, 0.1) is 5.92 Å². The third kappa shape index (κ3) is 7.83. The highest BCUT2D eigenvalue weighted by molar-refractivity contribution is 5.88. The number of carboxylic acid groups (broad SMARTS) is 1. The molecule has 2 amide bonds. The van der Waals surface area contributed by atoms with Gasteiger partial charge in [-0.3, -0.25) is 19.4 Å². The third-order valence-electron chi connectivity index (χ3n) is 6.81. The normalized spacial score (nSPS) is 18.3. The second kappa shape index (κ2) is 12.9. The fourth-order valence-electron chi connectivity index (χ4n) is 4.57. The molecule has 7 nitrogen and oxygen atoms in total. The van der Waals surface area contributed by atoms with E-state index in [2.05, 4.69) is 55.8 Å². The molecule has 1 aromatic carbocycles. The van der Waals surface area contributed by atoms with Crippen LogP contribution >= 0.6 is 0 Å². The molecule has 2 rings (SSSR count). The first-order chi connectivity index (χ1) is 16.1. The quantitative estimate of drug-likeness (QED) is 0.450. The Labute approximate surface area is 204 Å². The Bertz CT molecular complexity index is 816. The molecule has 1 aliphatic rings. The van der Waals surface area contributed by atoms with Crippen LogP contribution in [0.25, 0.3) is 0 Å². The van der Waals surface area contributed by atoms with Gasteiger partial charge in [-0.05, 0) is 55.1 Å². The van der Waals surface area contributed by atoms with Crippen LogP contribution in [0.3, 0.4) is 0 Å². The van der Waals surface area contributed by atoms with Crippen molar-refractivity contribution in [3.63, 3.8) is 0 Å². The fourth-order valence-corrected chi connectivity index (χ4v) is 4.57. The van der Waals surface area contributed by atoms with E-state index in [1.807, 2.05) is 6.92 Å². The number of hydrazine groups is 1. The number of likely N-dealkylation sites (N-methyl/N-ethyl adjacent to an activating group) is 1. The summed E-state index contributed by atoms with van der Waals surface area (Å²) < 4.78 is 0. The van der Waals surface area contributed by atoms with Crippen molar-refractivity contribution < 1.29 is 19.5 Å². The van der Waals surface area contributed by atoms with Crippen molar-refractivity contribution in [1.29, 1.82) is 0 Å². The summed E-state index contributed by atoms with van der Waals surface area (Å²) >= 11 is 0. The number of aliphatic carboxylic acids is 1. The highest BCUT2D eigenvalue weighted by Gasteiger charge is 2.37. The maximum atomic E-state index is 13.7. The van der Waals surface area contributed by atoms with E-state index in [4.69, 9.17) is 0 Å². The molecular formula is C27H43N3O4. The number of carbonyl (C=O) groups is 3. The maximum Gasteiger partial charge on any atom is 0.306 e. The number of benzene rings is 1. The monoisotopic (exact) mass is 473 g/mol. The molecule has 3 N–H and O–H groups in total. The Balaban J connectivity index is 2.23. The zero-order valence-corrected chi connectivity index (χ0v) is 21.5. The Hall–Kier alpha value is -2.41. The van der Waals surface area contributed by atoms with Gasteiger partial charge in [-0.25, -0.2) is 5.43 Å². The van der Waals surface area contributed by atoms with Crippen LogP contribution in [0.15, 0.2) is 24.3 Å². The largest absolute Gasteiger partial charge is 0.481 e. The molecule has 0 saturated carbocycles. The van der Waals surface area contributed by atoms with E-state index in [1.54, 1.807) is 7.05 Å². The molecule has 190 valence electrons. The Morgan fingerprint density at radius 1 is 1.15 bits per heavy atom. The van der Waals surface area contributed by atoms with Gasteiger partial charge in [0.15, 0.2) is 0 Å². The number of nitrogens with one attached hydrogen (secondary N) is 2. The second-order valence-electron chi connectivity index (χ2n) is 10.5. The highest BCUT2D eigenvalue weighted by Crippen LogP contribution is 2.27. The number of amides is 2. The van der Waals surface area contributed by atoms with Gasteiger partial charge >= 0.3 is 5.97 Å². The number of hydrogen-bond acceptors (Lipinski definition) is 4. The topological polar surface area (TPSA) is 98.7 Å². The second-order valence-corrected chi connectivity index (χ2v) is 10.5.